The van der Waals surface area contributed by atoms with E-state index in [1.807, 2.05) is 36.1 Å². The average molecular weight is 334 g/mol. The molecule has 2 aromatic rings. The molecule has 4 rings (SSSR count). The van der Waals surface area contributed by atoms with Gasteiger partial charge in [-0.3, -0.25) is 4.79 Å². The van der Waals surface area contributed by atoms with E-state index in [1.165, 1.54) is 0 Å². The van der Waals surface area contributed by atoms with Crippen LogP contribution in [0.15, 0.2) is 24.3 Å². The largest absolute Gasteiger partial charge is 0.354 e. The van der Waals surface area contributed by atoms with Crippen molar-refractivity contribution in [2.75, 3.05) is 31.1 Å². The quantitative estimate of drug-likeness (QED) is 0.847. The fraction of sp³-hybridized carbons (Fsp3) is 0.450. The molecule has 0 unspecified atom stereocenters. The first-order chi connectivity index (χ1) is 12.2. The molecule has 1 aliphatic heterocycles. The number of pyridine rings is 1. The summed E-state index contributed by atoms with van der Waals surface area (Å²) in [7, 11) is 0. The van der Waals surface area contributed by atoms with Gasteiger partial charge >= 0.3 is 0 Å². The van der Waals surface area contributed by atoms with Crippen LogP contribution in [-0.2, 0) is 4.79 Å². The highest BCUT2D eigenvalue weighted by Crippen LogP contribution is 2.32. The average Bonchev–Trinajstić information content (AvgIpc) is 3.47. The Morgan fingerprint density at radius 3 is 2.84 bits per heavy atom. The number of anilines is 1. The summed E-state index contributed by atoms with van der Waals surface area (Å²) in [6, 6.07) is 10.3. The van der Waals surface area contributed by atoms with Gasteiger partial charge in [-0.05, 0) is 37.8 Å². The maximum absolute atomic E-state index is 12.3. The summed E-state index contributed by atoms with van der Waals surface area (Å²) < 4.78 is 0. The Kier molecular flexibility index (Phi) is 4.04. The van der Waals surface area contributed by atoms with Gasteiger partial charge in [0.05, 0.1) is 11.1 Å². The van der Waals surface area contributed by atoms with Crippen LogP contribution in [0, 0.1) is 24.2 Å². The number of carbonyl (C=O) groups is 1. The lowest BCUT2D eigenvalue weighted by molar-refractivity contribution is -0.132. The number of rotatable bonds is 2. The number of benzene rings is 1. The molecule has 1 aromatic heterocycles. The molecule has 1 saturated carbocycles. The van der Waals surface area contributed by atoms with Crippen LogP contribution in [0.1, 0.15) is 30.4 Å². The van der Waals surface area contributed by atoms with Gasteiger partial charge in [-0.1, -0.05) is 18.2 Å². The van der Waals surface area contributed by atoms with Crippen LogP contribution >= 0.6 is 0 Å². The van der Waals surface area contributed by atoms with E-state index in [9.17, 15) is 10.1 Å². The van der Waals surface area contributed by atoms with Crippen molar-refractivity contribution in [1.82, 2.24) is 9.88 Å². The van der Waals surface area contributed by atoms with Crippen LogP contribution in [0.3, 0.4) is 0 Å². The van der Waals surface area contributed by atoms with E-state index in [0.29, 0.717) is 18.0 Å². The Hall–Kier alpha value is -2.61. The van der Waals surface area contributed by atoms with Crippen LogP contribution in [-0.4, -0.2) is 42.0 Å². The van der Waals surface area contributed by atoms with Gasteiger partial charge in [-0.25, -0.2) is 4.98 Å². The van der Waals surface area contributed by atoms with Crippen molar-refractivity contribution in [3.63, 3.8) is 0 Å². The van der Waals surface area contributed by atoms with E-state index in [-0.39, 0.29) is 5.92 Å². The fourth-order valence-corrected chi connectivity index (χ4v) is 3.60. The van der Waals surface area contributed by atoms with Gasteiger partial charge in [0.2, 0.25) is 5.91 Å². The summed E-state index contributed by atoms with van der Waals surface area (Å²) in [5.74, 6) is 1.33. The summed E-state index contributed by atoms with van der Waals surface area (Å²) in [5.41, 5.74) is 2.68. The van der Waals surface area contributed by atoms with E-state index in [1.54, 1.807) is 0 Å². The van der Waals surface area contributed by atoms with Gasteiger partial charge in [0, 0.05) is 37.5 Å². The predicted molar refractivity (Wildman–Crippen MR) is 97.3 cm³/mol. The van der Waals surface area contributed by atoms with Gasteiger partial charge in [-0.2, -0.15) is 5.26 Å². The monoisotopic (exact) mass is 334 g/mol. The minimum absolute atomic E-state index is 0.266. The first-order valence-electron chi connectivity index (χ1n) is 9.01. The molecular formula is C20H22N4O. The molecule has 0 radical (unpaired) electrons. The molecule has 1 aromatic carbocycles. The molecule has 25 heavy (non-hydrogen) atoms. The first kappa shape index (κ1) is 15.9. The number of fused-ring (bicyclic) bond motifs is 1. The molecule has 128 valence electrons. The molecule has 1 aliphatic carbocycles. The molecule has 0 bridgehead atoms. The van der Waals surface area contributed by atoms with Crippen LogP contribution in [0.5, 0.6) is 0 Å². The Bertz CT molecular complexity index is 866. The lowest BCUT2D eigenvalue weighted by Gasteiger charge is -2.24. The Morgan fingerprint density at radius 1 is 1.24 bits per heavy atom. The summed E-state index contributed by atoms with van der Waals surface area (Å²) in [6.45, 7) is 5.13. The molecule has 1 amide bonds. The molecule has 0 spiro atoms. The number of hydrogen-bond acceptors (Lipinski definition) is 4. The summed E-state index contributed by atoms with van der Waals surface area (Å²) >= 11 is 0. The molecule has 2 heterocycles. The fourth-order valence-electron chi connectivity index (χ4n) is 3.60. The van der Waals surface area contributed by atoms with Crippen molar-refractivity contribution in [1.29, 1.82) is 5.26 Å². The standard InChI is InChI=1S/C20H22N4O/c1-14-4-2-5-16-12-17(13-21)19(22-18(14)16)23-8-3-9-24(11-10-23)20(25)15-6-7-15/h2,4-5,12,15H,3,6-11H2,1H3. The number of carbonyl (C=O) groups excluding carboxylic acids is 1. The third-order valence-electron chi connectivity index (χ3n) is 5.18. The second-order valence-electron chi connectivity index (χ2n) is 7.06. The van der Waals surface area contributed by atoms with Gasteiger partial charge < -0.3 is 9.80 Å². The van der Waals surface area contributed by atoms with Crippen molar-refractivity contribution in [3.05, 3.63) is 35.4 Å². The van der Waals surface area contributed by atoms with E-state index in [4.69, 9.17) is 4.98 Å². The van der Waals surface area contributed by atoms with Crippen molar-refractivity contribution < 1.29 is 4.79 Å². The number of hydrogen-bond donors (Lipinski definition) is 0. The Balaban J connectivity index is 1.63. The lowest BCUT2D eigenvalue weighted by Crippen LogP contribution is -2.36. The van der Waals surface area contributed by atoms with Crippen LogP contribution in [0.4, 0.5) is 5.82 Å². The summed E-state index contributed by atoms with van der Waals surface area (Å²) in [5, 5.41) is 10.6. The number of nitrogens with zero attached hydrogens (tertiary/aromatic N) is 4. The van der Waals surface area contributed by atoms with Gasteiger partial charge in [0.25, 0.3) is 0 Å². The molecule has 5 nitrogen and oxygen atoms in total. The zero-order valence-corrected chi connectivity index (χ0v) is 14.5. The first-order valence-corrected chi connectivity index (χ1v) is 9.01. The number of amides is 1. The van der Waals surface area contributed by atoms with Gasteiger partial charge in [-0.15, -0.1) is 0 Å². The zero-order chi connectivity index (χ0) is 17.4. The topological polar surface area (TPSA) is 60.2 Å². The molecule has 2 aliphatic rings. The zero-order valence-electron chi connectivity index (χ0n) is 14.5. The third kappa shape index (κ3) is 3.05. The van der Waals surface area contributed by atoms with Gasteiger partial charge in [0.15, 0.2) is 0 Å². The number of aryl methyl sites for hydroxylation is 1. The SMILES string of the molecule is Cc1cccc2cc(C#N)c(N3CCCN(C(=O)C4CC4)CC3)nc12. The smallest absolute Gasteiger partial charge is 0.225 e. The maximum Gasteiger partial charge on any atom is 0.225 e. The molecule has 0 N–H and O–H groups in total. The van der Waals surface area contributed by atoms with Crippen molar-refractivity contribution in [3.8, 4) is 6.07 Å². The molecular weight excluding hydrogens is 312 g/mol. The molecule has 1 saturated heterocycles. The van der Waals surface area contributed by atoms with Crippen molar-refractivity contribution in [2.45, 2.75) is 26.2 Å². The number of nitriles is 1. The van der Waals surface area contributed by atoms with E-state index < -0.39 is 0 Å². The molecule has 2 fully saturated rings. The second-order valence-corrected chi connectivity index (χ2v) is 7.06. The number of para-hydroxylation sites is 1. The lowest BCUT2D eigenvalue weighted by atomic mass is 10.1. The summed E-state index contributed by atoms with van der Waals surface area (Å²) in [6.07, 6.45) is 3.00. The highest BCUT2D eigenvalue weighted by molar-refractivity contribution is 5.85. The van der Waals surface area contributed by atoms with Crippen LogP contribution < -0.4 is 4.90 Å². The van der Waals surface area contributed by atoms with E-state index in [0.717, 1.165) is 61.2 Å². The number of aromatic nitrogens is 1. The third-order valence-corrected chi connectivity index (χ3v) is 5.18. The van der Waals surface area contributed by atoms with E-state index >= 15 is 0 Å². The van der Waals surface area contributed by atoms with Crippen LogP contribution in [0.2, 0.25) is 0 Å². The Morgan fingerprint density at radius 2 is 2.08 bits per heavy atom. The van der Waals surface area contributed by atoms with Crippen molar-refractivity contribution >= 4 is 22.6 Å². The minimum Gasteiger partial charge on any atom is -0.354 e. The minimum atomic E-state index is 0.266. The summed E-state index contributed by atoms with van der Waals surface area (Å²) in [4.78, 5) is 21.3. The maximum atomic E-state index is 12.3. The predicted octanol–water partition coefficient (Wildman–Crippen LogP) is 2.86. The normalized spacial score (nSPS) is 18.1. The van der Waals surface area contributed by atoms with Crippen molar-refractivity contribution in [2.24, 2.45) is 5.92 Å². The molecule has 5 heteroatoms. The highest BCUT2D eigenvalue weighted by Gasteiger charge is 2.34. The highest BCUT2D eigenvalue weighted by atomic mass is 16.2. The van der Waals surface area contributed by atoms with Crippen LogP contribution in [0.25, 0.3) is 10.9 Å². The molecule has 0 atom stereocenters. The van der Waals surface area contributed by atoms with E-state index in [2.05, 4.69) is 11.0 Å². The second kappa shape index (κ2) is 6.36. The van der Waals surface area contributed by atoms with Gasteiger partial charge in [0.1, 0.15) is 11.9 Å². The Labute approximate surface area is 147 Å².